The van der Waals surface area contributed by atoms with Crippen LogP contribution in [-0.4, -0.2) is 26.7 Å². The molecule has 8 heteroatoms. The lowest BCUT2D eigenvalue weighted by Crippen LogP contribution is -2.07. The number of nitrogens with two attached hydrogens (primary N) is 1. The van der Waals surface area contributed by atoms with E-state index >= 15 is 0 Å². The van der Waals surface area contributed by atoms with Gasteiger partial charge in [-0.2, -0.15) is 4.98 Å². The number of hydrogen-bond donors (Lipinski definition) is 2. The van der Waals surface area contributed by atoms with E-state index in [0.717, 1.165) is 12.2 Å². The highest BCUT2D eigenvalue weighted by atomic mass is 35.5. The molecular formula is C12H17ClN6O. The van der Waals surface area contributed by atoms with Crippen LogP contribution in [0.1, 0.15) is 37.9 Å². The van der Waals surface area contributed by atoms with Crippen molar-refractivity contribution in [3.05, 3.63) is 23.1 Å². The number of aryl methyl sites for hydroxylation is 1. The molecular weight excluding hydrogens is 280 g/mol. The van der Waals surface area contributed by atoms with E-state index in [-0.39, 0.29) is 11.7 Å². The highest BCUT2D eigenvalue weighted by molar-refractivity contribution is 6.35. The summed E-state index contributed by atoms with van der Waals surface area (Å²) in [6.45, 7) is 4.73. The van der Waals surface area contributed by atoms with Crippen molar-refractivity contribution >= 4 is 23.2 Å². The number of nitrogens with zero attached hydrogens (tertiary/aromatic N) is 4. The summed E-state index contributed by atoms with van der Waals surface area (Å²) in [5, 5.41) is 7.35. The fourth-order valence-corrected chi connectivity index (χ4v) is 1.72. The maximum absolute atomic E-state index is 5.97. The average Bonchev–Trinajstić information content (AvgIpc) is 2.88. The Bertz CT molecular complexity index is 571. The standard InChI is InChI=1S/C12H17ClN6O/c1-7(2)11-18-8(20-19-11)4-3-5-15-12-9(13)10(14)16-6-17-12/h6-7H,3-5H2,1-2H3,(H3,14,15,16,17). The summed E-state index contributed by atoms with van der Waals surface area (Å²) in [5.41, 5.74) is 5.59. The molecule has 0 aromatic carbocycles. The van der Waals surface area contributed by atoms with Gasteiger partial charge in [-0.25, -0.2) is 9.97 Å². The van der Waals surface area contributed by atoms with E-state index in [1.165, 1.54) is 6.33 Å². The van der Waals surface area contributed by atoms with Gasteiger partial charge in [0.15, 0.2) is 5.82 Å². The van der Waals surface area contributed by atoms with E-state index < -0.39 is 0 Å². The van der Waals surface area contributed by atoms with Crippen LogP contribution in [0, 0.1) is 0 Å². The molecule has 0 radical (unpaired) electrons. The molecule has 2 rings (SSSR count). The van der Waals surface area contributed by atoms with Gasteiger partial charge in [-0.3, -0.25) is 0 Å². The quantitative estimate of drug-likeness (QED) is 0.788. The SMILES string of the molecule is CC(C)c1noc(CCCNc2ncnc(N)c2Cl)n1. The predicted octanol–water partition coefficient (Wildman–Crippen LogP) is 2.26. The van der Waals surface area contributed by atoms with Crippen LogP contribution in [0.25, 0.3) is 0 Å². The first-order valence-electron chi connectivity index (χ1n) is 6.40. The third-order valence-corrected chi connectivity index (χ3v) is 3.05. The molecule has 0 saturated carbocycles. The lowest BCUT2D eigenvalue weighted by Gasteiger charge is -2.06. The molecule has 2 aromatic rings. The van der Waals surface area contributed by atoms with E-state index in [0.29, 0.717) is 29.7 Å². The molecule has 20 heavy (non-hydrogen) atoms. The molecule has 0 aliphatic heterocycles. The Morgan fingerprint density at radius 3 is 2.90 bits per heavy atom. The monoisotopic (exact) mass is 296 g/mol. The Morgan fingerprint density at radius 2 is 2.20 bits per heavy atom. The summed E-state index contributed by atoms with van der Waals surface area (Å²) >= 11 is 5.97. The fraction of sp³-hybridized carbons (Fsp3) is 0.500. The zero-order valence-corrected chi connectivity index (χ0v) is 12.2. The Labute approximate surface area is 121 Å². The van der Waals surface area contributed by atoms with Gasteiger partial charge in [0, 0.05) is 18.9 Å². The number of rotatable bonds is 6. The second-order valence-electron chi connectivity index (χ2n) is 4.65. The minimum Gasteiger partial charge on any atom is -0.382 e. The Kier molecular flexibility index (Phi) is 4.73. The summed E-state index contributed by atoms with van der Waals surface area (Å²) in [6, 6.07) is 0. The van der Waals surface area contributed by atoms with Crippen molar-refractivity contribution < 1.29 is 4.52 Å². The molecule has 0 aliphatic rings. The van der Waals surface area contributed by atoms with Crippen LogP contribution in [0.3, 0.4) is 0 Å². The summed E-state index contributed by atoms with van der Waals surface area (Å²) < 4.78 is 5.16. The van der Waals surface area contributed by atoms with Gasteiger partial charge in [0.05, 0.1) is 0 Å². The molecule has 2 aromatic heterocycles. The van der Waals surface area contributed by atoms with E-state index in [9.17, 15) is 0 Å². The molecule has 0 saturated heterocycles. The molecule has 0 aliphatic carbocycles. The van der Waals surface area contributed by atoms with Crippen molar-refractivity contribution in [3.8, 4) is 0 Å². The Hall–Kier alpha value is -1.89. The first-order valence-corrected chi connectivity index (χ1v) is 6.78. The second kappa shape index (κ2) is 6.51. The fourth-order valence-electron chi connectivity index (χ4n) is 1.56. The van der Waals surface area contributed by atoms with E-state index in [4.69, 9.17) is 21.9 Å². The van der Waals surface area contributed by atoms with Gasteiger partial charge in [-0.1, -0.05) is 30.6 Å². The predicted molar refractivity (Wildman–Crippen MR) is 76.7 cm³/mol. The molecule has 7 nitrogen and oxygen atoms in total. The van der Waals surface area contributed by atoms with Gasteiger partial charge in [-0.05, 0) is 6.42 Å². The first-order chi connectivity index (χ1) is 9.58. The molecule has 0 atom stereocenters. The van der Waals surface area contributed by atoms with Crippen LogP contribution in [-0.2, 0) is 6.42 Å². The molecule has 0 unspecified atom stereocenters. The molecule has 0 amide bonds. The Morgan fingerprint density at radius 1 is 1.40 bits per heavy atom. The summed E-state index contributed by atoms with van der Waals surface area (Å²) in [5.74, 6) is 2.45. The normalized spacial score (nSPS) is 11.0. The average molecular weight is 297 g/mol. The van der Waals surface area contributed by atoms with Crippen LogP contribution >= 0.6 is 11.6 Å². The summed E-state index contributed by atoms with van der Waals surface area (Å²) in [4.78, 5) is 12.1. The lowest BCUT2D eigenvalue weighted by atomic mass is 10.2. The Balaban J connectivity index is 1.80. The number of halogens is 1. The molecule has 108 valence electrons. The van der Waals surface area contributed by atoms with Crippen molar-refractivity contribution in [2.45, 2.75) is 32.6 Å². The van der Waals surface area contributed by atoms with Crippen LogP contribution in [0.4, 0.5) is 11.6 Å². The summed E-state index contributed by atoms with van der Waals surface area (Å²) in [6.07, 6.45) is 2.89. The van der Waals surface area contributed by atoms with Crippen molar-refractivity contribution in [1.82, 2.24) is 20.1 Å². The number of hydrogen-bond acceptors (Lipinski definition) is 7. The third kappa shape index (κ3) is 3.57. The van der Waals surface area contributed by atoms with Crippen LogP contribution in [0.15, 0.2) is 10.9 Å². The van der Waals surface area contributed by atoms with Gasteiger partial charge in [0.25, 0.3) is 0 Å². The van der Waals surface area contributed by atoms with Gasteiger partial charge >= 0.3 is 0 Å². The molecule has 0 bridgehead atoms. The largest absolute Gasteiger partial charge is 0.382 e. The second-order valence-corrected chi connectivity index (χ2v) is 5.03. The molecule has 2 heterocycles. The minimum atomic E-state index is 0.266. The van der Waals surface area contributed by atoms with Crippen molar-refractivity contribution in [1.29, 1.82) is 0 Å². The third-order valence-electron chi connectivity index (χ3n) is 2.68. The maximum atomic E-state index is 5.97. The first kappa shape index (κ1) is 14.5. The van der Waals surface area contributed by atoms with Crippen LogP contribution in [0.5, 0.6) is 0 Å². The zero-order valence-electron chi connectivity index (χ0n) is 11.4. The summed E-state index contributed by atoms with van der Waals surface area (Å²) in [7, 11) is 0. The van der Waals surface area contributed by atoms with E-state index in [1.54, 1.807) is 0 Å². The highest BCUT2D eigenvalue weighted by Crippen LogP contribution is 2.22. The van der Waals surface area contributed by atoms with Gasteiger partial charge < -0.3 is 15.6 Å². The van der Waals surface area contributed by atoms with E-state index in [2.05, 4.69) is 25.4 Å². The van der Waals surface area contributed by atoms with Crippen LogP contribution < -0.4 is 11.1 Å². The smallest absolute Gasteiger partial charge is 0.226 e. The molecule has 0 spiro atoms. The lowest BCUT2D eigenvalue weighted by molar-refractivity contribution is 0.369. The maximum Gasteiger partial charge on any atom is 0.226 e. The van der Waals surface area contributed by atoms with Crippen molar-refractivity contribution in [3.63, 3.8) is 0 Å². The topological polar surface area (TPSA) is 103 Å². The highest BCUT2D eigenvalue weighted by Gasteiger charge is 2.09. The van der Waals surface area contributed by atoms with Gasteiger partial charge in [-0.15, -0.1) is 0 Å². The zero-order chi connectivity index (χ0) is 14.5. The minimum absolute atomic E-state index is 0.266. The molecule has 3 N–H and O–H groups in total. The van der Waals surface area contributed by atoms with Crippen LogP contribution in [0.2, 0.25) is 5.02 Å². The van der Waals surface area contributed by atoms with Gasteiger partial charge in [0.1, 0.15) is 23.0 Å². The van der Waals surface area contributed by atoms with E-state index in [1.807, 2.05) is 13.8 Å². The molecule has 0 fully saturated rings. The van der Waals surface area contributed by atoms with Crippen molar-refractivity contribution in [2.75, 3.05) is 17.6 Å². The number of aromatic nitrogens is 4. The number of anilines is 2. The number of nitrogen functional groups attached to an aromatic ring is 1. The van der Waals surface area contributed by atoms with Crippen molar-refractivity contribution in [2.24, 2.45) is 0 Å². The van der Waals surface area contributed by atoms with Gasteiger partial charge in [0.2, 0.25) is 5.89 Å². The number of nitrogens with one attached hydrogen (secondary N) is 1.